The van der Waals surface area contributed by atoms with Gasteiger partial charge in [-0.05, 0) is 31.5 Å². The summed E-state index contributed by atoms with van der Waals surface area (Å²) in [6.07, 6.45) is 0. The van der Waals surface area contributed by atoms with Crippen molar-refractivity contribution < 1.29 is 4.79 Å². The second-order valence-electron chi connectivity index (χ2n) is 4.08. The van der Waals surface area contributed by atoms with Crippen LogP contribution in [0.4, 0.5) is 10.8 Å². The molecule has 1 aromatic carbocycles. The van der Waals surface area contributed by atoms with E-state index in [0.29, 0.717) is 15.0 Å². The van der Waals surface area contributed by atoms with Gasteiger partial charge < -0.3 is 5.32 Å². The largest absolute Gasteiger partial charge is 0.331 e. The molecule has 0 bridgehead atoms. The van der Waals surface area contributed by atoms with E-state index in [1.807, 2.05) is 32.0 Å². The predicted octanol–water partition coefficient (Wildman–Crippen LogP) is 4.78. The third kappa shape index (κ3) is 3.69. The van der Waals surface area contributed by atoms with E-state index in [1.165, 1.54) is 11.3 Å². The molecule has 0 saturated heterocycles. The SMILES string of the molecule is CC(=O)c1sc(Nc2ccc(C)c(Cl)c2)nc1C.Cl. The fourth-order valence-electron chi connectivity index (χ4n) is 1.57. The van der Waals surface area contributed by atoms with Gasteiger partial charge >= 0.3 is 0 Å². The minimum atomic E-state index is 0. The molecule has 3 nitrogen and oxygen atoms in total. The highest BCUT2D eigenvalue weighted by Crippen LogP contribution is 2.28. The summed E-state index contributed by atoms with van der Waals surface area (Å²) in [7, 11) is 0. The Morgan fingerprint density at radius 3 is 2.58 bits per heavy atom. The second-order valence-corrected chi connectivity index (χ2v) is 5.48. The summed E-state index contributed by atoms with van der Waals surface area (Å²) in [5, 5.41) is 4.57. The Morgan fingerprint density at radius 1 is 1.37 bits per heavy atom. The van der Waals surface area contributed by atoms with Crippen LogP contribution in [-0.4, -0.2) is 10.8 Å². The molecule has 0 aliphatic rings. The van der Waals surface area contributed by atoms with Gasteiger partial charge in [0.2, 0.25) is 0 Å². The van der Waals surface area contributed by atoms with Crippen LogP contribution in [0.15, 0.2) is 18.2 Å². The monoisotopic (exact) mass is 316 g/mol. The molecule has 2 rings (SSSR count). The molecule has 0 atom stereocenters. The number of thiazole rings is 1. The Bertz CT molecular complexity index is 611. The van der Waals surface area contributed by atoms with E-state index < -0.39 is 0 Å². The first-order valence-corrected chi connectivity index (χ1v) is 6.68. The summed E-state index contributed by atoms with van der Waals surface area (Å²) < 4.78 is 0. The molecule has 19 heavy (non-hydrogen) atoms. The Labute approximate surface area is 127 Å². The first-order valence-electron chi connectivity index (χ1n) is 5.49. The minimum absolute atomic E-state index is 0. The number of aromatic nitrogens is 1. The third-order valence-electron chi connectivity index (χ3n) is 2.54. The molecule has 0 fully saturated rings. The van der Waals surface area contributed by atoms with E-state index in [4.69, 9.17) is 11.6 Å². The van der Waals surface area contributed by atoms with Gasteiger partial charge in [0.05, 0.1) is 10.6 Å². The quantitative estimate of drug-likeness (QED) is 0.828. The van der Waals surface area contributed by atoms with E-state index in [-0.39, 0.29) is 18.2 Å². The summed E-state index contributed by atoms with van der Waals surface area (Å²) in [6.45, 7) is 5.33. The number of ketones is 1. The van der Waals surface area contributed by atoms with E-state index in [2.05, 4.69) is 10.3 Å². The Kier molecular flexibility index (Phi) is 5.35. The van der Waals surface area contributed by atoms with Crippen molar-refractivity contribution in [1.29, 1.82) is 0 Å². The standard InChI is InChI=1S/C13H13ClN2OS.ClH/c1-7-4-5-10(6-11(7)14)16-13-15-8(2)12(18-13)9(3)17;/h4-6H,1-3H3,(H,15,16);1H. The Morgan fingerprint density at radius 2 is 2.05 bits per heavy atom. The zero-order valence-electron chi connectivity index (χ0n) is 10.8. The second kappa shape index (κ2) is 6.37. The molecule has 1 heterocycles. The zero-order valence-corrected chi connectivity index (χ0v) is 13.2. The normalized spacial score (nSPS) is 9.89. The van der Waals surface area contributed by atoms with E-state index in [9.17, 15) is 4.79 Å². The minimum Gasteiger partial charge on any atom is -0.331 e. The maximum absolute atomic E-state index is 11.4. The highest BCUT2D eigenvalue weighted by atomic mass is 35.5. The molecule has 0 amide bonds. The molecule has 2 aromatic rings. The van der Waals surface area contributed by atoms with Gasteiger partial charge in [-0.2, -0.15) is 0 Å². The number of hydrogen-bond acceptors (Lipinski definition) is 4. The molecule has 0 spiro atoms. The maximum Gasteiger partial charge on any atom is 0.188 e. The molecular formula is C13H14Cl2N2OS. The number of carbonyl (C=O) groups is 1. The van der Waals surface area contributed by atoms with Gasteiger partial charge in [-0.3, -0.25) is 4.79 Å². The van der Waals surface area contributed by atoms with Gasteiger partial charge in [-0.15, -0.1) is 12.4 Å². The summed E-state index contributed by atoms with van der Waals surface area (Å²) in [5.41, 5.74) is 2.66. The first kappa shape index (κ1) is 16.0. The van der Waals surface area contributed by atoms with Crippen molar-refractivity contribution in [3.63, 3.8) is 0 Å². The lowest BCUT2D eigenvalue weighted by molar-refractivity contribution is 0.102. The number of Topliss-reactive ketones (excluding diaryl/α,β-unsaturated/α-hetero) is 1. The van der Waals surface area contributed by atoms with Crippen LogP contribution in [0.25, 0.3) is 0 Å². The van der Waals surface area contributed by atoms with Crippen molar-refractivity contribution in [1.82, 2.24) is 4.98 Å². The number of anilines is 2. The molecule has 0 saturated carbocycles. The van der Waals surface area contributed by atoms with Gasteiger partial charge in [0.15, 0.2) is 10.9 Å². The first-order chi connectivity index (χ1) is 8.47. The molecule has 0 unspecified atom stereocenters. The van der Waals surface area contributed by atoms with Crippen LogP contribution in [0.3, 0.4) is 0 Å². The summed E-state index contributed by atoms with van der Waals surface area (Å²) >= 11 is 7.41. The smallest absolute Gasteiger partial charge is 0.188 e. The van der Waals surface area contributed by atoms with Crippen LogP contribution in [0, 0.1) is 13.8 Å². The number of hydrogen-bond donors (Lipinski definition) is 1. The number of benzene rings is 1. The highest BCUT2D eigenvalue weighted by molar-refractivity contribution is 7.17. The van der Waals surface area contributed by atoms with Gasteiger partial charge in [0.1, 0.15) is 0 Å². The lowest BCUT2D eigenvalue weighted by atomic mass is 10.2. The number of nitrogens with zero attached hydrogens (tertiary/aromatic N) is 1. The van der Waals surface area contributed by atoms with E-state index in [1.54, 1.807) is 6.92 Å². The summed E-state index contributed by atoms with van der Waals surface area (Å²) in [6, 6.07) is 5.73. The topological polar surface area (TPSA) is 42.0 Å². The summed E-state index contributed by atoms with van der Waals surface area (Å²) in [5.74, 6) is 0.0417. The van der Waals surface area contributed by atoms with Crippen molar-refractivity contribution >= 4 is 51.9 Å². The van der Waals surface area contributed by atoms with Crippen LogP contribution in [0.2, 0.25) is 5.02 Å². The average molecular weight is 317 g/mol. The predicted molar refractivity (Wildman–Crippen MR) is 83.6 cm³/mol. The molecule has 102 valence electrons. The van der Waals surface area contributed by atoms with Gasteiger partial charge in [0, 0.05) is 17.6 Å². The van der Waals surface area contributed by atoms with Crippen molar-refractivity contribution in [2.75, 3.05) is 5.32 Å². The molecule has 0 aliphatic heterocycles. The molecule has 1 aromatic heterocycles. The van der Waals surface area contributed by atoms with E-state index in [0.717, 1.165) is 16.9 Å². The van der Waals surface area contributed by atoms with Gasteiger partial charge in [-0.25, -0.2) is 4.98 Å². The van der Waals surface area contributed by atoms with Crippen LogP contribution >= 0.6 is 35.3 Å². The number of nitrogens with one attached hydrogen (secondary N) is 1. The fourth-order valence-corrected chi connectivity index (χ4v) is 2.63. The van der Waals surface area contributed by atoms with Crippen molar-refractivity contribution in [3.8, 4) is 0 Å². The molecule has 1 N–H and O–H groups in total. The fraction of sp³-hybridized carbons (Fsp3) is 0.231. The van der Waals surface area contributed by atoms with Gasteiger partial charge in [-0.1, -0.05) is 29.0 Å². The Balaban J connectivity index is 0.00000180. The molecule has 0 aliphatic carbocycles. The lowest BCUT2D eigenvalue weighted by Crippen LogP contribution is -1.90. The van der Waals surface area contributed by atoms with Crippen molar-refractivity contribution in [2.24, 2.45) is 0 Å². The zero-order chi connectivity index (χ0) is 13.3. The average Bonchev–Trinajstić information content (AvgIpc) is 2.65. The van der Waals surface area contributed by atoms with Crippen molar-refractivity contribution in [2.45, 2.75) is 20.8 Å². The Hall–Kier alpha value is -1.10. The van der Waals surface area contributed by atoms with Crippen LogP contribution in [-0.2, 0) is 0 Å². The highest BCUT2D eigenvalue weighted by Gasteiger charge is 2.11. The lowest BCUT2D eigenvalue weighted by Gasteiger charge is -2.04. The molecular weight excluding hydrogens is 303 g/mol. The number of carbonyl (C=O) groups excluding carboxylic acids is 1. The number of halogens is 2. The number of aryl methyl sites for hydroxylation is 2. The maximum atomic E-state index is 11.4. The van der Waals surface area contributed by atoms with Gasteiger partial charge in [0.25, 0.3) is 0 Å². The van der Waals surface area contributed by atoms with E-state index >= 15 is 0 Å². The number of rotatable bonds is 3. The molecule has 6 heteroatoms. The van der Waals surface area contributed by atoms with Crippen LogP contribution in [0.1, 0.15) is 27.9 Å². The van der Waals surface area contributed by atoms with Crippen molar-refractivity contribution in [3.05, 3.63) is 39.4 Å². The van der Waals surface area contributed by atoms with Crippen LogP contribution < -0.4 is 5.32 Å². The van der Waals surface area contributed by atoms with Crippen LogP contribution in [0.5, 0.6) is 0 Å². The molecule has 0 radical (unpaired) electrons. The summed E-state index contributed by atoms with van der Waals surface area (Å²) in [4.78, 5) is 16.4. The third-order valence-corrected chi connectivity index (χ3v) is 4.12.